The van der Waals surface area contributed by atoms with Crippen molar-refractivity contribution in [3.8, 4) is 0 Å². The zero-order chi connectivity index (χ0) is 15.7. The van der Waals surface area contributed by atoms with Gasteiger partial charge in [-0.1, -0.05) is 19.8 Å². The van der Waals surface area contributed by atoms with E-state index in [9.17, 15) is 14.4 Å². The van der Waals surface area contributed by atoms with Gasteiger partial charge in [0.25, 0.3) is 17.0 Å². The molecule has 0 bridgehead atoms. The molecule has 116 valence electrons. The number of amides is 1. The molecule has 1 fully saturated rings. The van der Waals surface area contributed by atoms with E-state index in [-0.39, 0.29) is 28.3 Å². The molecule has 2 aromatic rings. The van der Waals surface area contributed by atoms with Crippen molar-refractivity contribution in [3.05, 3.63) is 44.5 Å². The molecule has 1 saturated carbocycles. The molecule has 3 rings (SSSR count). The maximum Gasteiger partial charge on any atom is 0.270 e. The topological polar surface area (TPSA) is 94.8 Å². The lowest BCUT2D eigenvalue weighted by Crippen LogP contribution is -2.41. The van der Waals surface area contributed by atoms with Crippen molar-refractivity contribution in [1.29, 1.82) is 0 Å². The summed E-state index contributed by atoms with van der Waals surface area (Å²) in [6.07, 6.45) is 4.45. The molecule has 3 N–H and O–H groups in total. The number of carbonyl (C=O) groups is 1. The number of nitrogens with one attached hydrogen (secondary N) is 3. The number of rotatable bonds is 2. The number of benzene rings is 1. The van der Waals surface area contributed by atoms with Gasteiger partial charge in [-0.25, -0.2) is 0 Å². The smallest absolute Gasteiger partial charge is 0.270 e. The Morgan fingerprint density at radius 3 is 2.50 bits per heavy atom. The van der Waals surface area contributed by atoms with E-state index in [4.69, 9.17) is 0 Å². The van der Waals surface area contributed by atoms with Gasteiger partial charge in [0, 0.05) is 11.6 Å². The minimum absolute atomic E-state index is 0.175. The Hall–Kier alpha value is -2.37. The maximum absolute atomic E-state index is 12.4. The van der Waals surface area contributed by atoms with Gasteiger partial charge < -0.3 is 5.32 Å². The molecule has 0 saturated heterocycles. The minimum atomic E-state index is -0.407. The lowest BCUT2D eigenvalue weighted by molar-refractivity contribution is 0.0910. The Morgan fingerprint density at radius 1 is 1.09 bits per heavy atom. The molecule has 1 amide bonds. The van der Waals surface area contributed by atoms with Gasteiger partial charge in [-0.05, 0) is 37.0 Å². The Kier molecular flexibility index (Phi) is 3.83. The molecule has 0 aliphatic heterocycles. The molecule has 1 aromatic heterocycles. The standard InChI is InChI=1S/C16H19N3O3/c1-9-4-2-3-5-13(9)17-14(20)10-6-7-11-12(8-10)16(22)19-18-15(11)21/h6-9,13H,2-5H2,1H3,(H,17,20)(H,18,21)(H,19,22)/t9-,13+/m1/s1. The predicted molar refractivity (Wildman–Crippen MR) is 84.1 cm³/mol. The number of hydrogen-bond acceptors (Lipinski definition) is 3. The summed E-state index contributed by atoms with van der Waals surface area (Å²) in [5, 5.41) is 8.10. The van der Waals surface area contributed by atoms with E-state index >= 15 is 0 Å². The third-order valence-electron chi connectivity index (χ3n) is 4.49. The molecule has 0 radical (unpaired) electrons. The highest BCUT2D eigenvalue weighted by atomic mass is 16.2. The summed E-state index contributed by atoms with van der Waals surface area (Å²) in [5.41, 5.74) is -0.376. The van der Waals surface area contributed by atoms with Gasteiger partial charge in [-0.3, -0.25) is 24.6 Å². The summed E-state index contributed by atoms with van der Waals surface area (Å²) >= 11 is 0. The highest BCUT2D eigenvalue weighted by Crippen LogP contribution is 2.24. The van der Waals surface area contributed by atoms with E-state index in [1.807, 2.05) is 0 Å². The summed E-state index contributed by atoms with van der Waals surface area (Å²) in [6.45, 7) is 2.15. The quantitative estimate of drug-likeness (QED) is 0.785. The number of aromatic nitrogens is 2. The molecule has 1 aliphatic rings. The van der Waals surface area contributed by atoms with Gasteiger partial charge >= 0.3 is 0 Å². The molecule has 0 spiro atoms. The number of carbonyl (C=O) groups excluding carboxylic acids is 1. The first-order valence-electron chi connectivity index (χ1n) is 7.62. The van der Waals surface area contributed by atoms with E-state index in [1.165, 1.54) is 18.6 Å². The predicted octanol–water partition coefficient (Wildman–Crippen LogP) is 1.52. The third-order valence-corrected chi connectivity index (χ3v) is 4.49. The molecular formula is C16H19N3O3. The monoisotopic (exact) mass is 301 g/mol. The van der Waals surface area contributed by atoms with Crippen LogP contribution < -0.4 is 16.4 Å². The van der Waals surface area contributed by atoms with Crippen LogP contribution in [0.25, 0.3) is 10.8 Å². The van der Waals surface area contributed by atoms with Crippen LogP contribution in [0.4, 0.5) is 0 Å². The Balaban J connectivity index is 1.90. The van der Waals surface area contributed by atoms with Crippen molar-refractivity contribution < 1.29 is 4.79 Å². The summed E-state index contributed by atoms with van der Waals surface area (Å²) in [5.74, 6) is 0.268. The van der Waals surface area contributed by atoms with E-state index < -0.39 is 5.56 Å². The highest BCUT2D eigenvalue weighted by molar-refractivity contribution is 5.98. The van der Waals surface area contributed by atoms with E-state index in [0.717, 1.165) is 19.3 Å². The lowest BCUT2D eigenvalue weighted by Gasteiger charge is -2.29. The normalized spacial score (nSPS) is 21.7. The van der Waals surface area contributed by atoms with Gasteiger partial charge in [0.1, 0.15) is 0 Å². The van der Waals surface area contributed by atoms with Gasteiger partial charge in [-0.15, -0.1) is 0 Å². The fourth-order valence-electron chi connectivity index (χ4n) is 3.10. The number of H-pyrrole nitrogens is 2. The summed E-state index contributed by atoms with van der Waals surface area (Å²) in [6, 6.07) is 4.75. The highest BCUT2D eigenvalue weighted by Gasteiger charge is 2.23. The van der Waals surface area contributed by atoms with Crippen molar-refractivity contribution >= 4 is 16.7 Å². The lowest BCUT2D eigenvalue weighted by atomic mass is 9.86. The Labute approximate surface area is 126 Å². The van der Waals surface area contributed by atoms with Crippen molar-refractivity contribution in [2.45, 2.75) is 38.6 Å². The molecule has 1 aliphatic carbocycles. The second-order valence-electron chi connectivity index (χ2n) is 6.01. The number of fused-ring (bicyclic) bond motifs is 1. The van der Waals surface area contributed by atoms with Crippen LogP contribution in [-0.4, -0.2) is 22.1 Å². The summed E-state index contributed by atoms with van der Waals surface area (Å²) in [7, 11) is 0. The molecule has 1 aromatic carbocycles. The van der Waals surface area contributed by atoms with Crippen LogP contribution in [0.3, 0.4) is 0 Å². The summed E-state index contributed by atoms with van der Waals surface area (Å²) < 4.78 is 0. The van der Waals surface area contributed by atoms with Gasteiger partial charge in [-0.2, -0.15) is 0 Å². The van der Waals surface area contributed by atoms with Crippen molar-refractivity contribution in [2.24, 2.45) is 5.92 Å². The molecule has 22 heavy (non-hydrogen) atoms. The zero-order valence-electron chi connectivity index (χ0n) is 12.4. The maximum atomic E-state index is 12.4. The van der Waals surface area contributed by atoms with Crippen molar-refractivity contribution in [2.75, 3.05) is 0 Å². The van der Waals surface area contributed by atoms with Gasteiger partial charge in [0.05, 0.1) is 10.8 Å². The molecular weight excluding hydrogens is 282 g/mol. The Bertz CT molecular complexity index is 821. The second kappa shape index (κ2) is 5.79. The largest absolute Gasteiger partial charge is 0.349 e. The first-order chi connectivity index (χ1) is 10.6. The van der Waals surface area contributed by atoms with E-state index in [1.54, 1.807) is 6.07 Å². The van der Waals surface area contributed by atoms with Crippen LogP contribution in [0.2, 0.25) is 0 Å². The van der Waals surface area contributed by atoms with E-state index in [2.05, 4.69) is 22.4 Å². The minimum Gasteiger partial charge on any atom is -0.349 e. The van der Waals surface area contributed by atoms with Crippen LogP contribution in [0.1, 0.15) is 43.0 Å². The van der Waals surface area contributed by atoms with Crippen LogP contribution in [0.15, 0.2) is 27.8 Å². The van der Waals surface area contributed by atoms with Crippen LogP contribution in [-0.2, 0) is 0 Å². The first kappa shape index (κ1) is 14.6. The van der Waals surface area contributed by atoms with Crippen molar-refractivity contribution in [1.82, 2.24) is 15.5 Å². The van der Waals surface area contributed by atoms with E-state index in [0.29, 0.717) is 11.5 Å². The van der Waals surface area contributed by atoms with Gasteiger partial charge in [0.2, 0.25) is 0 Å². The molecule has 1 heterocycles. The van der Waals surface area contributed by atoms with Crippen LogP contribution in [0.5, 0.6) is 0 Å². The second-order valence-corrected chi connectivity index (χ2v) is 6.01. The van der Waals surface area contributed by atoms with Crippen LogP contribution in [0, 0.1) is 5.92 Å². The van der Waals surface area contributed by atoms with Crippen LogP contribution >= 0.6 is 0 Å². The molecule has 6 heteroatoms. The SMILES string of the molecule is C[C@@H]1CCCC[C@@H]1NC(=O)c1ccc2c(=O)[nH][nH]c(=O)c2c1. The summed E-state index contributed by atoms with van der Waals surface area (Å²) in [4.78, 5) is 35.8. The average molecular weight is 301 g/mol. The third kappa shape index (κ3) is 2.68. The average Bonchev–Trinajstić information content (AvgIpc) is 2.53. The van der Waals surface area contributed by atoms with Crippen molar-refractivity contribution in [3.63, 3.8) is 0 Å². The molecule has 2 atom stereocenters. The molecule has 6 nitrogen and oxygen atoms in total. The fraction of sp³-hybridized carbons (Fsp3) is 0.438. The number of aromatic amines is 2. The fourth-order valence-corrected chi connectivity index (χ4v) is 3.10. The first-order valence-corrected chi connectivity index (χ1v) is 7.62. The van der Waals surface area contributed by atoms with Gasteiger partial charge in [0.15, 0.2) is 0 Å². The zero-order valence-corrected chi connectivity index (χ0v) is 12.4. The Morgan fingerprint density at radius 2 is 1.77 bits per heavy atom. The molecule has 0 unspecified atom stereocenters. The number of hydrogen-bond donors (Lipinski definition) is 3.